The Morgan fingerprint density at radius 2 is 1.83 bits per heavy atom. The highest BCUT2D eigenvalue weighted by Gasteiger charge is 2.32. The van der Waals surface area contributed by atoms with Crippen molar-refractivity contribution >= 4 is 21.6 Å². The number of nitrogens with zero attached hydrogens (tertiary/aromatic N) is 2. The van der Waals surface area contributed by atoms with Crippen LogP contribution in [0.25, 0.3) is 0 Å². The largest absolute Gasteiger partial charge is 0.481 e. The van der Waals surface area contributed by atoms with Gasteiger partial charge in [0.2, 0.25) is 10.0 Å². The van der Waals surface area contributed by atoms with Crippen molar-refractivity contribution in [2.45, 2.75) is 44.1 Å². The van der Waals surface area contributed by atoms with Gasteiger partial charge in [0.05, 0.1) is 4.90 Å². The molecule has 1 amide bonds. The number of carbonyl (C=O) groups excluding carboxylic acids is 1. The maximum atomic E-state index is 13.1. The fraction of sp³-hybridized carbons (Fsp3) is 0.409. The highest BCUT2D eigenvalue weighted by atomic mass is 32.2. The van der Waals surface area contributed by atoms with Gasteiger partial charge in [0.25, 0.3) is 5.91 Å². The Morgan fingerprint density at radius 3 is 2.41 bits per heavy atom. The van der Waals surface area contributed by atoms with E-state index in [4.69, 9.17) is 4.74 Å². The second kappa shape index (κ2) is 8.55. The smallest absolute Gasteiger partial charge is 0.268 e. The molecular weight excluding hydrogens is 388 g/mol. The fourth-order valence-corrected chi connectivity index (χ4v) is 4.38. The van der Waals surface area contributed by atoms with Crippen LogP contribution in [0.2, 0.25) is 0 Å². The summed E-state index contributed by atoms with van der Waals surface area (Å²) in [6.07, 6.45) is 1.54. The Kier molecular flexibility index (Phi) is 6.29. The van der Waals surface area contributed by atoms with Crippen LogP contribution in [-0.2, 0) is 27.7 Å². The first kappa shape index (κ1) is 21.3. The predicted octanol–water partition coefficient (Wildman–Crippen LogP) is 3.25. The van der Waals surface area contributed by atoms with Crippen molar-refractivity contribution in [3.63, 3.8) is 0 Å². The molecule has 6 nitrogen and oxygen atoms in total. The zero-order valence-corrected chi connectivity index (χ0v) is 18.2. The summed E-state index contributed by atoms with van der Waals surface area (Å²) in [6.45, 7) is 4.54. The van der Waals surface area contributed by atoms with E-state index < -0.39 is 16.1 Å². The topological polar surface area (TPSA) is 66.9 Å². The number of anilines is 1. The lowest BCUT2D eigenvalue weighted by Crippen LogP contribution is -2.41. The predicted molar refractivity (Wildman–Crippen MR) is 114 cm³/mol. The van der Waals surface area contributed by atoms with E-state index in [0.29, 0.717) is 25.1 Å². The lowest BCUT2D eigenvalue weighted by atomic mass is 10.1. The number of fused-ring (bicyclic) bond motifs is 1. The molecule has 0 bridgehead atoms. The quantitative estimate of drug-likeness (QED) is 0.695. The van der Waals surface area contributed by atoms with Crippen molar-refractivity contribution in [2.24, 2.45) is 0 Å². The minimum atomic E-state index is -3.50. The minimum absolute atomic E-state index is 0.103. The minimum Gasteiger partial charge on any atom is -0.481 e. The Labute approximate surface area is 173 Å². The second-order valence-corrected chi connectivity index (χ2v) is 9.48. The molecule has 0 aromatic heterocycles. The molecule has 1 aliphatic rings. The first-order valence-corrected chi connectivity index (χ1v) is 11.3. The normalized spacial score (nSPS) is 14.7. The van der Waals surface area contributed by atoms with E-state index in [1.807, 2.05) is 31.2 Å². The van der Waals surface area contributed by atoms with Gasteiger partial charge in [0.1, 0.15) is 5.75 Å². The molecule has 1 aliphatic heterocycles. The molecule has 1 heterocycles. The van der Waals surface area contributed by atoms with E-state index in [1.165, 1.54) is 24.0 Å². The van der Waals surface area contributed by atoms with E-state index in [2.05, 4.69) is 6.92 Å². The Morgan fingerprint density at radius 1 is 1.14 bits per heavy atom. The maximum Gasteiger partial charge on any atom is 0.268 e. The second-order valence-electron chi connectivity index (χ2n) is 7.33. The van der Waals surface area contributed by atoms with Crippen LogP contribution in [0.5, 0.6) is 5.75 Å². The molecule has 29 heavy (non-hydrogen) atoms. The van der Waals surface area contributed by atoms with Gasteiger partial charge < -0.3 is 9.64 Å². The summed E-state index contributed by atoms with van der Waals surface area (Å²) in [6, 6.07) is 12.7. The summed E-state index contributed by atoms with van der Waals surface area (Å²) in [5.41, 5.74) is 2.84. The van der Waals surface area contributed by atoms with Crippen LogP contribution >= 0.6 is 0 Å². The summed E-state index contributed by atoms with van der Waals surface area (Å²) < 4.78 is 31.9. The first-order chi connectivity index (χ1) is 13.8. The van der Waals surface area contributed by atoms with Crippen molar-refractivity contribution in [3.8, 4) is 5.75 Å². The molecule has 0 unspecified atom stereocenters. The summed E-state index contributed by atoms with van der Waals surface area (Å²) >= 11 is 0. The Balaban J connectivity index is 1.80. The third-order valence-corrected chi connectivity index (χ3v) is 7.06. The Bertz CT molecular complexity index is 984. The zero-order chi connectivity index (χ0) is 21.2. The van der Waals surface area contributed by atoms with Crippen LogP contribution in [0, 0.1) is 0 Å². The number of rotatable bonds is 7. The van der Waals surface area contributed by atoms with Crippen molar-refractivity contribution in [1.29, 1.82) is 0 Å². The van der Waals surface area contributed by atoms with Gasteiger partial charge in [-0.3, -0.25) is 4.79 Å². The number of hydrogen-bond donors (Lipinski definition) is 0. The van der Waals surface area contributed by atoms with Crippen molar-refractivity contribution in [2.75, 3.05) is 25.5 Å². The molecule has 1 atom stereocenters. The van der Waals surface area contributed by atoms with Gasteiger partial charge in [-0.25, -0.2) is 12.7 Å². The highest BCUT2D eigenvalue weighted by molar-refractivity contribution is 7.89. The van der Waals surface area contributed by atoms with E-state index in [1.54, 1.807) is 23.1 Å². The molecule has 0 spiro atoms. The number of hydrogen-bond acceptors (Lipinski definition) is 4. The number of sulfonamides is 1. The average Bonchev–Trinajstić information content (AvgIpc) is 3.15. The molecule has 0 saturated heterocycles. The third kappa shape index (κ3) is 4.31. The van der Waals surface area contributed by atoms with Crippen LogP contribution in [0.4, 0.5) is 5.69 Å². The molecule has 2 aromatic rings. The Hall–Kier alpha value is -2.38. The van der Waals surface area contributed by atoms with Gasteiger partial charge in [-0.15, -0.1) is 0 Å². The number of benzene rings is 2. The van der Waals surface area contributed by atoms with Crippen LogP contribution < -0.4 is 9.64 Å². The summed E-state index contributed by atoms with van der Waals surface area (Å²) in [7, 11) is -0.481. The fourth-order valence-electron chi connectivity index (χ4n) is 3.43. The summed E-state index contributed by atoms with van der Waals surface area (Å²) in [4.78, 5) is 15.1. The van der Waals surface area contributed by atoms with Crippen molar-refractivity contribution in [3.05, 3.63) is 53.6 Å². The lowest BCUT2D eigenvalue weighted by molar-refractivity contribution is -0.125. The van der Waals surface area contributed by atoms with Crippen LogP contribution in [0.3, 0.4) is 0 Å². The third-order valence-electron chi connectivity index (χ3n) is 5.25. The van der Waals surface area contributed by atoms with E-state index >= 15 is 0 Å². The van der Waals surface area contributed by atoms with Crippen LogP contribution in [-0.4, -0.2) is 45.4 Å². The van der Waals surface area contributed by atoms with Gasteiger partial charge >= 0.3 is 0 Å². The SMILES string of the molecule is CCc1ccc(O[C@H](CC)C(=O)N2CCc3cc(S(=O)(=O)N(C)C)ccc32)cc1. The molecule has 0 aliphatic carbocycles. The van der Waals surface area contributed by atoms with Gasteiger partial charge in [-0.05, 0) is 60.7 Å². The van der Waals surface area contributed by atoms with Crippen molar-refractivity contribution in [1.82, 2.24) is 4.31 Å². The molecule has 156 valence electrons. The summed E-state index contributed by atoms with van der Waals surface area (Å²) in [5.74, 6) is 0.572. The molecule has 0 saturated carbocycles. The number of amides is 1. The number of carbonyl (C=O) groups is 1. The van der Waals surface area contributed by atoms with Crippen molar-refractivity contribution < 1.29 is 17.9 Å². The van der Waals surface area contributed by atoms with Gasteiger partial charge in [0.15, 0.2) is 6.10 Å². The van der Waals surface area contributed by atoms with E-state index in [-0.39, 0.29) is 10.8 Å². The molecular formula is C22H28N2O4S. The zero-order valence-electron chi connectivity index (χ0n) is 17.4. The van der Waals surface area contributed by atoms with E-state index in [9.17, 15) is 13.2 Å². The average molecular weight is 417 g/mol. The van der Waals surface area contributed by atoms with Gasteiger partial charge in [-0.2, -0.15) is 0 Å². The van der Waals surface area contributed by atoms with Gasteiger partial charge in [0, 0.05) is 26.3 Å². The summed E-state index contributed by atoms with van der Waals surface area (Å²) in [5, 5.41) is 0. The number of ether oxygens (including phenoxy) is 1. The molecule has 0 fully saturated rings. The van der Waals surface area contributed by atoms with Crippen LogP contribution in [0.1, 0.15) is 31.4 Å². The lowest BCUT2D eigenvalue weighted by Gasteiger charge is -2.24. The van der Waals surface area contributed by atoms with E-state index in [0.717, 1.165) is 17.7 Å². The molecule has 2 aromatic carbocycles. The molecule has 3 rings (SSSR count). The van der Waals surface area contributed by atoms with Crippen LogP contribution in [0.15, 0.2) is 47.4 Å². The maximum absolute atomic E-state index is 13.1. The molecule has 7 heteroatoms. The van der Waals surface area contributed by atoms with Gasteiger partial charge in [-0.1, -0.05) is 26.0 Å². The highest BCUT2D eigenvalue weighted by Crippen LogP contribution is 2.32. The number of aryl methyl sites for hydroxylation is 1. The standard InChI is InChI=1S/C22H28N2O4S/c1-5-16-7-9-18(10-8-16)28-21(6-2)22(25)24-14-13-17-15-19(11-12-20(17)24)29(26,27)23(3)4/h7-12,15,21H,5-6,13-14H2,1-4H3/t21-/m1/s1. The monoisotopic (exact) mass is 416 g/mol. The molecule has 0 N–H and O–H groups in total. The first-order valence-electron chi connectivity index (χ1n) is 9.90. The molecule has 0 radical (unpaired) electrons.